The third-order valence-electron chi connectivity index (χ3n) is 4.48. The molecule has 3 aromatic rings. The molecule has 0 fully saturated rings. The number of benzene rings is 3. The molecule has 2 atom stereocenters. The van der Waals surface area contributed by atoms with Gasteiger partial charge in [0.05, 0.1) is 5.56 Å². The van der Waals surface area contributed by atoms with Crippen LogP contribution in [0.3, 0.4) is 0 Å². The van der Waals surface area contributed by atoms with Gasteiger partial charge in [0.2, 0.25) is 16.1 Å². The molecule has 3 aromatic carbocycles. The SMILES string of the molecule is CC[C@@](O)(C#Cc1ccccc1)c1ccccc1[S+](O)c1ccc(C)cc1. The number of hydrogen-bond donors (Lipinski definition) is 2. The Morgan fingerprint density at radius 1 is 0.889 bits per heavy atom. The topological polar surface area (TPSA) is 40.5 Å². The summed E-state index contributed by atoms with van der Waals surface area (Å²) in [6, 6.07) is 24.9. The van der Waals surface area contributed by atoms with Crippen LogP contribution in [-0.2, 0) is 16.8 Å². The van der Waals surface area contributed by atoms with Gasteiger partial charge in [0.1, 0.15) is 0 Å². The second-order valence-corrected chi connectivity index (χ2v) is 7.90. The summed E-state index contributed by atoms with van der Waals surface area (Å²) < 4.78 is 11.0. The van der Waals surface area contributed by atoms with Crippen molar-refractivity contribution in [1.29, 1.82) is 0 Å². The van der Waals surface area contributed by atoms with Crippen LogP contribution in [0.5, 0.6) is 0 Å². The molecule has 2 N–H and O–H groups in total. The predicted octanol–water partition coefficient (Wildman–Crippen LogP) is 5.15. The lowest BCUT2D eigenvalue weighted by atomic mass is 9.91. The summed E-state index contributed by atoms with van der Waals surface area (Å²) in [4.78, 5) is 1.52. The van der Waals surface area contributed by atoms with E-state index >= 15 is 0 Å². The summed E-state index contributed by atoms with van der Waals surface area (Å²) >= 11 is -1.14. The van der Waals surface area contributed by atoms with E-state index in [1.165, 1.54) is 0 Å². The van der Waals surface area contributed by atoms with Crippen LogP contribution in [0.1, 0.15) is 30.0 Å². The van der Waals surface area contributed by atoms with E-state index in [4.69, 9.17) is 0 Å². The van der Waals surface area contributed by atoms with Gasteiger partial charge in [-0.1, -0.05) is 66.8 Å². The van der Waals surface area contributed by atoms with E-state index in [9.17, 15) is 9.66 Å². The van der Waals surface area contributed by atoms with Crippen LogP contribution in [0.2, 0.25) is 0 Å². The second-order valence-electron chi connectivity index (χ2n) is 6.42. The van der Waals surface area contributed by atoms with Crippen molar-refractivity contribution in [2.45, 2.75) is 35.7 Å². The Hall–Kier alpha value is -2.51. The summed E-state index contributed by atoms with van der Waals surface area (Å²) in [5.41, 5.74) is 1.32. The molecule has 0 heterocycles. The highest BCUT2D eigenvalue weighted by molar-refractivity contribution is 7.91. The Kier molecular flexibility index (Phi) is 6.03. The molecule has 0 bridgehead atoms. The number of rotatable bonds is 4. The van der Waals surface area contributed by atoms with Crippen molar-refractivity contribution in [2.75, 3.05) is 0 Å². The van der Waals surface area contributed by atoms with Crippen molar-refractivity contribution < 1.29 is 9.66 Å². The minimum atomic E-state index is -1.33. The van der Waals surface area contributed by atoms with Crippen LogP contribution in [-0.4, -0.2) is 9.66 Å². The molecule has 2 nitrogen and oxygen atoms in total. The Morgan fingerprint density at radius 3 is 2.19 bits per heavy atom. The standard InChI is InChI=1S/C24H23O2S/c1-3-24(25,18-17-20-9-5-4-6-10-20)22-11-7-8-12-23(22)27(26)21-15-13-19(2)14-16-21/h4-16,25-26H,3H2,1-2H3/q+1/t24-,27?/m1/s1. The third-order valence-corrected chi connectivity index (χ3v) is 5.98. The zero-order valence-electron chi connectivity index (χ0n) is 15.5. The van der Waals surface area contributed by atoms with Crippen molar-refractivity contribution in [2.24, 2.45) is 0 Å². The molecule has 136 valence electrons. The third kappa shape index (κ3) is 4.43. The van der Waals surface area contributed by atoms with Gasteiger partial charge in [0.15, 0.2) is 10.5 Å². The van der Waals surface area contributed by atoms with Crippen LogP contribution in [0.4, 0.5) is 0 Å². The highest BCUT2D eigenvalue weighted by Crippen LogP contribution is 2.33. The maximum atomic E-state index is 11.3. The van der Waals surface area contributed by atoms with E-state index in [-0.39, 0.29) is 0 Å². The predicted molar refractivity (Wildman–Crippen MR) is 112 cm³/mol. The molecule has 0 aromatic heterocycles. The summed E-state index contributed by atoms with van der Waals surface area (Å²) in [5.74, 6) is 6.10. The van der Waals surface area contributed by atoms with Crippen molar-refractivity contribution in [1.82, 2.24) is 0 Å². The van der Waals surface area contributed by atoms with Crippen molar-refractivity contribution in [3.63, 3.8) is 0 Å². The highest BCUT2D eigenvalue weighted by atomic mass is 32.2. The molecular formula is C24H23O2S+. The highest BCUT2D eigenvalue weighted by Gasteiger charge is 2.36. The average molecular weight is 376 g/mol. The van der Waals surface area contributed by atoms with Gasteiger partial charge in [0.25, 0.3) is 0 Å². The molecule has 0 aliphatic rings. The molecular weight excluding hydrogens is 352 g/mol. The molecule has 0 saturated carbocycles. The maximum Gasteiger partial charge on any atom is 0.220 e. The lowest BCUT2D eigenvalue weighted by Crippen LogP contribution is -2.25. The van der Waals surface area contributed by atoms with Gasteiger partial charge in [-0.05, 0) is 49.7 Å². The molecule has 0 aliphatic heterocycles. The first-order chi connectivity index (χ1) is 13.0. The fourth-order valence-electron chi connectivity index (χ4n) is 2.81. The zero-order valence-corrected chi connectivity index (χ0v) is 16.3. The van der Waals surface area contributed by atoms with Gasteiger partial charge in [-0.25, -0.2) is 0 Å². The Balaban J connectivity index is 2.03. The zero-order chi connectivity index (χ0) is 19.3. The quantitative estimate of drug-likeness (QED) is 0.489. The van der Waals surface area contributed by atoms with Gasteiger partial charge in [-0.3, -0.25) is 0 Å². The van der Waals surface area contributed by atoms with Crippen LogP contribution < -0.4 is 0 Å². The van der Waals surface area contributed by atoms with E-state index in [1.54, 1.807) is 0 Å². The average Bonchev–Trinajstić information content (AvgIpc) is 2.73. The fraction of sp³-hybridized carbons (Fsp3) is 0.167. The first-order valence-electron chi connectivity index (χ1n) is 8.93. The van der Waals surface area contributed by atoms with Crippen molar-refractivity contribution >= 4 is 11.2 Å². The van der Waals surface area contributed by atoms with Gasteiger partial charge in [0, 0.05) is 5.56 Å². The van der Waals surface area contributed by atoms with E-state index in [0.717, 1.165) is 16.0 Å². The second kappa shape index (κ2) is 8.45. The van der Waals surface area contributed by atoms with Gasteiger partial charge >= 0.3 is 0 Å². The molecule has 0 aliphatic carbocycles. The van der Waals surface area contributed by atoms with E-state index in [2.05, 4.69) is 11.8 Å². The smallest absolute Gasteiger partial charge is 0.220 e. The number of aryl methyl sites for hydroxylation is 1. The van der Waals surface area contributed by atoms with Crippen molar-refractivity contribution in [3.05, 3.63) is 95.6 Å². The molecule has 0 amide bonds. The first-order valence-corrected chi connectivity index (χ1v) is 10.1. The van der Waals surface area contributed by atoms with Gasteiger partial charge in [-0.15, -0.1) is 0 Å². The van der Waals surface area contributed by atoms with E-state index in [1.807, 2.05) is 92.7 Å². The summed E-state index contributed by atoms with van der Waals surface area (Å²) in [7, 11) is 0. The van der Waals surface area contributed by atoms with Crippen LogP contribution in [0.15, 0.2) is 88.7 Å². The normalized spacial score (nSPS) is 13.9. The fourth-order valence-corrected chi connectivity index (χ4v) is 4.11. The number of hydrogen-bond acceptors (Lipinski definition) is 2. The molecule has 0 spiro atoms. The Morgan fingerprint density at radius 2 is 1.52 bits per heavy atom. The van der Waals surface area contributed by atoms with Crippen LogP contribution >= 0.6 is 0 Å². The summed E-state index contributed by atoms with van der Waals surface area (Å²) in [5, 5.41) is 11.3. The molecule has 3 heteroatoms. The maximum absolute atomic E-state index is 11.3. The van der Waals surface area contributed by atoms with Gasteiger partial charge in [-0.2, -0.15) is 4.55 Å². The molecule has 1 unspecified atom stereocenters. The minimum Gasteiger partial charge on any atom is -0.373 e. The Labute approximate surface area is 164 Å². The largest absolute Gasteiger partial charge is 0.373 e. The molecule has 27 heavy (non-hydrogen) atoms. The van der Waals surface area contributed by atoms with E-state index in [0.29, 0.717) is 16.9 Å². The molecule has 0 radical (unpaired) electrons. The molecule has 3 rings (SSSR count). The lowest BCUT2D eigenvalue weighted by molar-refractivity contribution is 0.0929. The summed E-state index contributed by atoms with van der Waals surface area (Å²) in [6.07, 6.45) is 0.426. The minimum absolute atomic E-state index is 0.426. The van der Waals surface area contributed by atoms with Crippen LogP contribution in [0.25, 0.3) is 0 Å². The Bertz CT molecular complexity index is 955. The summed E-state index contributed by atoms with van der Waals surface area (Å²) in [6.45, 7) is 3.92. The van der Waals surface area contributed by atoms with Gasteiger partial charge < -0.3 is 5.11 Å². The lowest BCUT2D eigenvalue weighted by Gasteiger charge is -2.21. The first kappa shape index (κ1) is 19.3. The monoisotopic (exact) mass is 375 g/mol. The van der Waals surface area contributed by atoms with Crippen LogP contribution in [0, 0.1) is 18.8 Å². The number of aliphatic hydroxyl groups is 1. The van der Waals surface area contributed by atoms with E-state index < -0.39 is 16.8 Å². The molecule has 0 saturated heterocycles. The van der Waals surface area contributed by atoms with Crippen molar-refractivity contribution in [3.8, 4) is 11.8 Å².